The van der Waals surface area contributed by atoms with Gasteiger partial charge in [-0.05, 0) is 63.8 Å². The second kappa shape index (κ2) is 13.8. The maximum atomic E-state index is 11.5. The van der Waals surface area contributed by atoms with Gasteiger partial charge in [-0.1, -0.05) is 131 Å². The average molecular weight is 887 g/mol. The van der Waals surface area contributed by atoms with Crippen molar-refractivity contribution in [3.8, 4) is 11.3 Å². The smallest absolute Gasteiger partial charge is 0.164 e. The predicted molar refractivity (Wildman–Crippen MR) is 219 cm³/mol. The normalized spacial score (nSPS) is 15.9. The molecular weight excluding hydrogens is 831 g/mol. The summed E-state index contributed by atoms with van der Waals surface area (Å²) < 4.78 is 6.69. The Labute approximate surface area is 329 Å². The third-order valence-corrected chi connectivity index (χ3v) is 11.0. The predicted octanol–water partition coefficient (Wildman–Crippen LogP) is 13.5. The van der Waals surface area contributed by atoms with E-state index in [-0.39, 0.29) is 53.3 Å². The van der Waals surface area contributed by atoms with E-state index in [2.05, 4.69) is 115 Å². The van der Waals surface area contributed by atoms with Gasteiger partial charge in [-0.25, -0.2) is 0 Å². The van der Waals surface area contributed by atoms with Gasteiger partial charge in [0.05, 0.1) is 0 Å². The van der Waals surface area contributed by atoms with Crippen LogP contribution in [0, 0.1) is 16.9 Å². The first-order valence-corrected chi connectivity index (χ1v) is 18.7. The van der Waals surface area contributed by atoms with Crippen LogP contribution in [0.5, 0.6) is 0 Å². The molecule has 1 N–H and O–H groups in total. The van der Waals surface area contributed by atoms with Crippen LogP contribution in [0.25, 0.3) is 54.7 Å². The van der Waals surface area contributed by atoms with Crippen LogP contribution < -0.4 is 0 Å². The van der Waals surface area contributed by atoms with Gasteiger partial charge in [-0.15, -0.1) is 29.1 Å². The summed E-state index contributed by atoms with van der Waals surface area (Å²) in [6.07, 6.45) is 5.64. The first-order chi connectivity index (χ1) is 24.0. The van der Waals surface area contributed by atoms with Gasteiger partial charge in [0, 0.05) is 65.1 Å². The SMILES string of the molecule is CC(C)(C)C(=O)/C=C(\O)C(C)(C)C.CC(C)(C)c1cc(-c2nccc3c2ccc2c4cc5c(cc4oc32)C(C)(C)CCC5(C)C)[c-]c2ccccc12.[Ir]. The van der Waals surface area contributed by atoms with Crippen molar-refractivity contribution in [3.05, 3.63) is 101 Å². The van der Waals surface area contributed by atoms with Gasteiger partial charge in [0.1, 0.15) is 16.9 Å². The van der Waals surface area contributed by atoms with Crippen molar-refractivity contribution in [2.45, 2.75) is 119 Å². The molecule has 0 fully saturated rings. The third-order valence-electron chi connectivity index (χ3n) is 11.0. The number of rotatable bonds is 2. The number of furan rings is 1. The number of hydrogen-bond acceptors (Lipinski definition) is 4. The number of benzene rings is 4. The zero-order valence-electron chi connectivity index (χ0n) is 33.9. The fraction of sp³-hybridized carbons (Fsp3) is 0.417. The standard InChI is InChI=1S/C37H36NO.C11H20O2.Ir/c1-35(2,3)29-19-23(18-22-10-8-9-11-24(22)29)33-25-12-13-26-28-20-30-31(37(6,7)16-15-36(30,4)5)21-32(28)39-34(26)27(25)14-17-38-33;1-10(2,3)8(12)7-9(13)11(4,5)6;/h8-14,17,19-21H,15-16H2,1-7H3;7,12H,1-6H3;/q-1;;/b;8-7-;. The van der Waals surface area contributed by atoms with E-state index in [1.807, 2.05) is 47.7 Å². The van der Waals surface area contributed by atoms with Crippen molar-refractivity contribution >= 4 is 49.3 Å². The van der Waals surface area contributed by atoms with Crippen molar-refractivity contribution in [2.75, 3.05) is 0 Å². The fourth-order valence-corrected chi connectivity index (χ4v) is 7.30. The molecule has 4 nitrogen and oxygen atoms in total. The van der Waals surface area contributed by atoms with E-state index in [1.165, 1.54) is 51.8 Å². The molecule has 0 saturated heterocycles. The zero-order valence-corrected chi connectivity index (χ0v) is 36.3. The van der Waals surface area contributed by atoms with Crippen LogP contribution in [0.15, 0.2) is 83.1 Å². The third kappa shape index (κ3) is 7.76. The van der Waals surface area contributed by atoms with Crippen LogP contribution in [0.4, 0.5) is 0 Å². The molecule has 7 rings (SSSR count). The summed E-state index contributed by atoms with van der Waals surface area (Å²) in [5, 5.41) is 16.5. The molecule has 2 aromatic heterocycles. The van der Waals surface area contributed by atoms with Gasteiger partial charge < -0.3 is 9.52 Å². The van der Waals surface area contributed by atoms with Gasteiger partial charge >= 0.3 is 0 Å². The van der Waals surface area contributed by atoms with Gasteiger partial charge in [0.25, 0.3) is 0 Å². The molecule has 1 aliphatic carbocycles. The molecule has 0 atom stereocenters. The molecule has 1 radical (unpaired) electrons. The Morgan fingerprint density at radius 2 is 1.34 bits per heavy atom. The summed E-state index contributed by atoms with van der Waals surface area (Å²) in [7, 11) is 0. The van der Waals surface area contributed by atoms with Crippen LogP contribution in [0.2, 0.25) is 0 Å². The van der Waals surface area contributed by atoms with Gasteiger partial charge in [0.15, 0.2) is 5.78 Å². The summed E-state index contributed by atoms with van der Waals surface area (Å²) in [6, 6.07) is 25.8. The second-order valence-corrected chi connectivity index (χ2v) is 19.2. The fourth-order valence-electron chi connectivity index (χ4n) is 7.30. The zero-order chi connectivity index (χ0) is 38.2. The number of aliphatic hydroxyl groups is 1. The number of nitrogens with zero attached hydrogens (tertiary/aromatic N) is 1. The van der Waals surface area contributed by atoms with Gasteiger partial charge in [-0.2, -0.15) is 0 Å². The molecule has 0 aliphatic heterocycles. The molecule has 0 unspecified atom stereocenters. The van der Waals surface area contributed by atoms with E-state index in [0.29, 0.717) is 0 Å². The number of carbonyl (C=O) groups excluding carboxylic acids is 1. The van der Waals surface area contributed by atoms with Crippen molar-refractivity contribution in [2.24, 2.45) is 10.8 Å². The Morgan fingerprint density at radius 1 is 0.755 bits per heavy atom. The maximum absolute atomic E-state index is 11.5. The number of carbonyl (C=O) groups is 1. The Kier molecular flexibility index (Phi) is 10.5. The Balaban J connectivity index is 0.000000334. The van der Waals surface area contributed by atoms with Crippen LogP contribution in [0.3, 0.4) is 0 Å². The minimum absolute atomic E-state index is 0. The summed E-state index contributed by atoms with van der Waals surface area (Å²) in [6.45, 7) is 27.4. The number of aliphatic hydroxyl groups excluding tert-OH is 1. The van der Waals surface area contributed by atoms with Crippen LogP contribution in [0.1, 0.15) is 120 Å². The summed E-state index contributed by atoms with van der Waals surface area (Å²) in [4.78, 5) is 16.4. The molecule has 1 aliphatic rings. The van der Waals surface area contributed by atoms with Crippen LogP contribution in [-0.4, -0.2) is 15.9 Å². The Bertz CT molecular complexity index is 2390. The number of aromatic nitrogens is 1. The molecule has 0 amide bonds. The van der Waals surface area contributed by atoms with E-state index in [1.54, 1.807) is 0 Å². The van der Waals surface area contributed by atoms with Crippen LogP contribution >= 0.6 is 0 Å². The molecule has 0 spiro atoms. The van der Waals surface area contributed by atoms with Crippen molar-refractivity contribution in [3.63, 3.8) is 0 Å². The minimum Gasteiger partial charge on any atom is -0.512 e. The monoisotopic (exact) mass is 887 g/mol. The molecule has 53 heavy (non-hydrogen) atoms. The number of hydrogen-bond donors (Lipinski definition) is 1. The Morgan fingerprint density at radius 3 is 1.94 bits per heavy atom. The molecule has 4 aromatic carbocycles. The van der Waals surface area contributed by atoms with Crippen molar-refractivity contribution in [1.29, 1.82) is 0 Å². The molecule has 6 aromatic rings. The molecule has 0 bridgehead atoms. The molecule has 2 heterocycles. The molecule has 5 heteroatoms. The van der Waals surface area contributed by atoms with Crippen molar-refractivity contribution in [1.82, 2.24) is 4.98 Å². The molecule has 281 valence electrons. The first-order valence-electron chi connectivity index (χ1n) is 18.7. The van der Waals surface area contributed by atoms with E-state index >= 15 is 0 Å². The second-order valence-electron chi connectivity index (χ2n) is 19.2. The van der Waals surface area contributed by atoms with E-state index < -0.39 is 5.41 Å². The topological polar surface area (TPSA) is 63.3 Å². The molecule has 0 saturated carbocycles. The van der Waals surface area contributed by atoms with Gasteiger partial charge in [0.2, 0.25) is 0 Å². The molecular formula is C48H56IrNO3-. The Hall–Kier alpha value is -3.79. The minimum atomic E-state index is -0.417. The number of ketones is 1. The quantitative estimate of drug-likeness (QED) is 0.107. The summed E-state index contributed by atoms with van der Waals surface area (Å²) in [5.41, 5.74) is 7.65. The van der Waals surface area contributed by atoms with E-state index in [9.17, 15) is 9.90 Å². The van der Waals surface area contributed by atoms with Gasteiger partial charge in [-0.3, -0.25) is 9.78 Å². The van der Waals surface area contributed by atoms with Crippen molar-refractivity contribution < 1.29 is 34.4 Å². The first kappa shape index (κ1) is 40.4. The van der Waals surface area contributed by atoms with E-state index in [4.69, 9.17) is 9.40 Å². The van der Waals surface area contributed by atoms with Crippen LogP contribution in [-0.2, 0) is 41.1 Å². The largest absolute Gasteiger partial charge is 0.512 e. The maximum Gasteiger partial charge on any atom is 0.164 e. The number of allylic oxidation sites excluding steroid dienone is 2. The summed E-state index contributed by atoms with van der Waals surface area (Å²) in [5.74, 6) is 0.104. The van der Waals surface area contributed by atoms with E-state index in [0.717, 1.165) is 38.6 Å². The summed E-state index contributed by atoms with van der Waals surface area (Å²) >= 11 is 0. The average Bonchev–Trinajstić information content (AvgIpc) is 3.43. The number of pyridine rings is 1. The number of fused-ring (bicyclic) bond motifs is 7.